The van der Waals surface area contributed by atoms with Gasteiger partial charge in [0.15, 0.2) is 0 Å². The van der Waals surface area contributed by atoms with Crippen LogP contribution in [-0.4, -0.2) is 36.6 Å². The fourth-order valence-corrected chi connectivity index (χ4v) is 2.97. The predicted octanol–water partition coefficient (Wildman–Crippen LogP) is 2.56. The van der Waals surface area contributed by atoms with E-state index in [-0.39, 0.29) is 6.03 Å². The average molecular weight is 289 g/mol. The average Bonchev–Trinajstić information content (AvgIpc) is 2.47. The number of rotatable bonds is 5. The Morgan fingerprint density at radius 2 is 2.05 bits per heavy atom. The molecule has 4 heteroatoms. The molecular formula is C17H27N3O. The second-order valence-corrected chi connectivity index (χ2v) is 6.42. The number of nitrogens with zero attached hydrogens (tertiary/aromatic N) is 1. The predicted molar refractivity (Wildman–Crippen MR) is 86.2 cm³/mol. The number of hydrogen-bond acceptors (Lipinski definition) is 2. The van der Waals surface area contributed by atoms with Crippen molar-refractivity contribution in [2.45, 2.75) is 38.6 Å². The Morgan fingerprint density at radius 1 is 1.33 bits per heavy atom. The van der Waals surface area contributed by atoms with Gasteiger partial charge in [0, 0.05) is 25.0 Å². The highest BCUT2D eigenvalue weighted by atomic mass is 16.2. The van der Waals surface area contributed by atoms with Crippen molar-refractivity contribution in [3.05, 3.63) is 35.9 Å². The lowest BCUT2D eigenvalue weighted by molar-refractivity contribution is 0.171. The Balaban J connectivity index is 2.00. The molecule has 1 aromatic rings. The van der Waals surface area contributed by atoms with Crippen molar-refractivity contribution in [3.8, 4) is 0 Å². The van der Waals surface area contributed by atoms with Gasteiger partial charge in [-0.3, -0.25) is 0 Å². The second kappa shape index (κ2) is 7.46. The summed E-state index contributed by atoms with van der Waals surface area (Å²) in [7, 11) is 0. The highest BCUT2D eigenvalue weighted by Gasteiger charge is 2.29. The maximum Gasteiger partial charge on any atom is 0.314 e. The zero-order valence-electron chi connectivity index (χ0n) is 13.1. The summed E-state index contributed by atoms with van der Waals surface area (Å²) in [5.74, 6) is 1.06. The largest absolute Gasteiger partial charge is 0.351 e. The van der Waals surface area contributed by atoms with Crippen LogP contribution in [0.4, 0.5) is 4.79 Å². The first-order valence-corrected chi connectivity index (χ1v) is 7.89. The van der Waals surface area contributed by atoms with Gasteiger partial charge in [-0.25, -0.2) is 4.79 Å². The van der Waals surface area contributed by atoms with E-state index in [1.54, 1.807) is 4.90 Å². The van der Waals surface area contributed by atoms with Crippen molar-refractivity contribution in [3.63, 3.8) is 0 Å². The highest BCUT2D eigenvalue weighted by molar-refractivity contribution is 5.72. The van der Waals surface area contributed by atoms with Crippen molar-refractivity contribution in [2.75, 3.05) is 19.6 Å². The van der Waals surface area contributed by atoms with Crippen LogP contribution < -0.4 is 11.1 Å². The molecule has 0 spiro atoms. The van der Waals surface area contributed by atoms with E-state index in [1.165, 1.54) is 5.56 Å². The first-order chi connectivity index (χ1) is 10.1. The van der Waals surface area contributed by atoms with Gasteiger partial charge in [-0.15, -0.1) is 0 Å². The molecule has 1 aliphatic heterocycles. The third-order valence-electron chi connectivity index (χ3n) is 4.19. The van der Waals surface area contributed by atoms with Crippen LogP contribution in [0.3, 0.4) is 0 Å². The Labute approximate surface area is 127 Å². The lowest BCUT2D eigenvalue weighted by Crippen LogP contribution is -2.52. The standard InChI is InChI=1S/C17H27N3O/c1-13(2)8-9-19-16-10-15(11-20(12-16)17(18)21)14-6-4-3-5-7-14/h3-7,13,15-16,19H,8-12H2,1-2H3,(H2,18,21). The molecule has 0 radical (unpaired) electrons. The normalized spacial score (nSPS) is 22.5. The smallest absolute Gasteiger partial charge is 0.314 e. The molecule has 2 rings (SSSR count). The number of piperidine rings is 1. The van der Waals surface area contributed by atoms with Gasteiger partial charge in [-0.05, 0) is 30.9 Å². The number of urea groups is 1. The van der Waals surface area contributed by atoms with E-state index < -0.39 is 0 Å². The zero-order valence-corrected chi connectivity index (χ0v) is 13.1. The van der Waals surface area contributed by atoms with Crippen LogP contribution in [-0.2, 0) is 0 Å². The summed E-state index contributed by atoms with van der Waals surface area (Å²) in [4.78, 5) is 13.4. The van der Waals surface area contributed by atoms with Crippen LogP contribution in [0, 0.1) is 5.92 Å². The molecule has 0 aliphatic carbocycles. The van der Waals surface area contributed by atoms with Gasteiger partial charge < -0.3 is 16.0 Å². The van der Waals surface area contributed by atoms with E-state index in [1.807, 2.05) is 6.07 Å². The number of carbonyl (C=O) groups is 1. The fraction of sp³-hybridized carbons (Fsp3) is 0.588. The van der Waals surface area contributed by atoms with Gasteiger partial charge in [0.1, 0.15) is 0 Å². The number of hydrogen-bond donors (Lipinski definition) is 2. The summed E-state index contributed by atoms with van der Waals surface area (Å²) in [5, 5.41) is 3.59. The molecule has 3 N–H and O–H groups in total. The summed E-state index contributed by atoms with van der Waals surface area (Å²) in [6.07, 6.45) is 2.22. The van der Waals surface area contributed by atoms with Crippen LogP contribution in [0.5, 0.6) is 0 Å². The minimum absolute atomic E-state index is 0.314. The van der Waals surface area contributed by atoms with Gasteiger partial charge in [-0.2, -0.15) is 0 Å². The SMILES string of the molecule is CC(C)CCNC1CC(c2ccccc2)CN(C(N)=O)C1. The molecule has 1 heterocycles. The van der Waals surface area contributed by atoms with Crippen molar-refractivity contribution in [1.29, 1.82) is 0 Å². The van der Waals surface area contributed by atoms with Gasteiger partial charge in [0.25, 0.3) is 0 Å². The molecule has 1 aromatic carbocycles. The third kappa shape index (κ3) is 4.74. The van der Waals surface area contributed by atoms with Crippen LogP contribution in [0.1, 0.15) is 38.2 Å². The minimum Gasteiger partial charge on any atom is -0.351 e. The molecule has 1 aliphatic rings. The van der Waals surface area contributed by atoms with Crippen molar-refractivity contribution < 1.29 is 4.79 Å². The van der Waals surface area contributed by atoms with Gasteiger partial charge in [-0.1, -0.05) is 44.2 Å². The number of primary amides is 1. The highest BCUT2D eigenvalue weighted by Crippen LogP contribution is 2.27. The van der Waals surface area contributed by atoms with E-state index in [0.29, 0.717) is 17.9 Å². The molecular weight excluding hydrogens is 262 g/mol. The van der Waals surface area contributed by atoms with Crippen LogP contribution >= 0.6 is 0 Å². The van der Waals surface area contributed by atoms with Crippen LogP contribution in [0.15, 0.2) is 30.3 Å². The van der Waals surface area contributed by atoms with Crippen molar-refractivity contribution in [2.24, 2.45) is 11.7 Å². The van der Waals surface area contributed by atoms with Gasteiger partial charge in [0.2, 0.25) is 0 Å². The molecule has 0 saturated carbocycles. The van der Waals surface area contributed by atoms with E-state index in [2.05, 4.69) is 43.4 Å². The van der Waals surface area contributed by atoms with E-state index in [0.717, 1.165) is 32.5 Å². The van der Waals surface area contributed by atoms with E-state index >= 15 is 0 Å². The Bertz CT molecular complexity index is 447. The third-order valence-corrected chi connectivity index (χ3v) is 4.19. The van der Waals surface area contributed by atoms with Gasteiger partial charge >= 0.3 is 6.03 Å². The first kappa shape index (κ1) is 15.8. The van der Waals surface area contributed by atoms with Crippen LogP contribution in [0.25, 0.3) is 0 Å². The number of benzene rings is 1. The monoisotopic (exact) mass is 289 g/mol. The molecule has 1 fully saturated rings. The Hall–Kier alpha value is -1.55. The molecule has 2 amide bonds. The molecule has 21 heavy (non-hydrogen) atoms. The molecule has 2 atom stereocenters. The molecule has 4 nitrogen and oxygen atoms in total. The molecule has 2 unspecified atom stereocenters. The summed E-state index contributed by atoms with van der Waals surface area (Å²) >= 11 is 0. The van der Waals surface area contributed by atoms with Gasteiger partial charge in [0.05, 0.1) is 0 Å². The van der Waals surface area contributed by atoms with Crippen LogP contribution in [0.2, 0.25) is 0 Å². The first-order valence-electron chi connectivity index (χ1n) is 7.89. The lowest BCUT2D eigenvalue weighted by atomic mass is 9.88. The number of amides is 2. The topological polar surface area (TPSA) is 58.4 Å². The minimum atomic E-state index is -0.314. The number of nitrogens with one attached hydrogen (secondary N) is 1. The number of likely N-dealkylation sites (tertiary alicyclic amines) is 1. The lowest BCUT2D eigenvalue weighted by Gasteiger charge is -2.37. The Kier molecular flexibility index (Phi) is 5.62. The summed E-state index contributed by atoms with van der Waals surface area (Å²) in [5.41, 5.74) is 6.80. The van der Waals surface area contributed by atoms with Crippen molar-refractivity contribution in [1.82, 2.24) is 10.2 Å². The van der Waals surface area contributed by atoms with Crippen molar-refractivity contribution >= 4 is 6.03 Å². The fourth-order valence-electron chi connectivity index (χ4n) is 2.97. The summed E-state index contributed by atoms with van der Waals surface area (Å²) < 4.78 is 0. The molecule has 0 aromatic heterocycles. The second-order valence-electron chi connectivity index (χ2n) is 6.42. The Morgan fingerprint density at radius 3 is 2.67 bits per heavy atom. The maximum atomic E-state index is 11.6. The summed E-state index contributed by atoms with van der Waals surface area (Å²) in [6, 6.07) is 10.4. The number of nitrogens with two attached hydrogens (primary N) is 1. The molecule has 1 saturated heterocycles. The van der Waals surface area contributed by atoms with E-state index in [4.69, 9.17) is 5.73 Å². The quantitative estimate of drug-likeness (QED) is 0.875. The maximum absolute atomic E-state index is 11.6. The van der Waals surface area contributed by atoms with E-state index in [9.17, 15) is 4.79 Å². The number of carbonyl (C=O) groups excluding carboxylic acids is 1. The molecule has 116 valence electrons. The molecule has 0 bridgehead atoms. The summed E-state index contributed by atoms with van der Waals surface area (Å²) in [6.45, 7) is 6.89. The zero-order chi connectivity index (χ0) is 15.2.